The number of fused-ring (bicyclic) bond motifs is 1. The van der Waals surface area contributed by atoms with Gasteiger partial charge in [0.15, 0.2) is 5.13 Å². The van der Waals surface area contributed by atoms with Crippen LogP contribution in [0.3, 0.4) is 0 Å². The fourth-order valence-electron chi connectivity index (χ4n) is 2.35. The third-order valence-electron chi connectivity index (χ3n) is 3.42. The number of anilines is 1. The number of hydrogen-bond donors (Lipinski definition) is 2. The Balaban J connectivity index is 1.49. The summed E-state index contributed by atoms with van der Waals surface area (Å²) < 4.78 is 0. The van der Waals surface area contributed by atoms with Crippen LogP contribution in [0.4, 0.5) is 5.13 Å². The molecule has 0 amide bonds. The number of thiazole rings is 1. The van der Waals surface area contributed by atoms with Crippen molar-refractivity contribution in [3.63, 3.8) is 0 Å². The molecule has 2 N–H and O–H groups in total. The minimum Gasteiger partial charge on any atom is -0.354 e. The number of para-hydroxylation sites is 2. The van der Waals surface area contributed by atoms with Gasteiger partial charge < -0.3 is 10.3 Å². The molecule has 2 heterocycles. The summed E-state index contributed by atoms with van der Waals surface area (Å²) in [4.78, 5) is 12.5. The van der Waals surface area contributed by atoms with Crippen LogP contribution in [-0.2, 0) is 6.54 Å². The van der Waals surface area contributed by atoms with Gasteiger partial charge >= 0.3 is 0 Å². The molecule has 108 valence electrons. The highest BCUT2D eigenvalue weighted by Gasteiger charge is 2.05. The summed E-state index contributed by atoms with van der Waals surface area (Å²) >= 11 is 1.61. The van der Waals surface area contributed by atoms with Crippen LogP contribution < -0.4 is 5.32 Å². The van der Waals surface area contributed by atoms with E-state index in [-0.39, 0.29) is 0 Å². The van der Waals surface area contributed by atoms with E-state index in [2.05, 4.69) is 37.8 Å². The molecule has 5 heteroatoms. The summed E-state index contributed by atoms with van der Waals surface area (Å²) in [5.41, 5.74) is 4.18. The quantitative estimate of drug-likeness (QED) is 0.591. The number of nitrogens with zero attached hydrogens (tertiary/aromatic N) is 2. The molecule has 4 rings (SSSR count). The van der Waals surface area contributed by atoms with Gasteiger partial charge in [0, 0.05) is 10.9 Å². The van der Waals surface area contributed by atoms with Gasteiger partial charge in [0.05, 0.1) is 23.3 Å². The Bertz CT molecular complexity index is 862. The molecule has 0 bridgehead atoms. The summed E-state index contributed by atoms with van der Waals surface area (Å²) in [5, 5.41) is 6.29. The van der Waals surface area contributed by atoms with Gasteiger partial charge in [0.1, 0.15) is 5.82 Å². The zero-order valence-corrected chi connectivity index (χ0v) is 12.6. The van der Waals surface area contributed by atoms with E-state index in [9.17, 15) is 0 Å². The molecule has 0 aliphatic heterocycles. The van der Waals surface area contributed by atoms with Crippen LogP contribution in [0, 0.1) is 0 Å². The van der Waals surface area contributed by atoms with Crippen molar-refractivity contribution in [2.24, 2.45) is 0 Å². The fourth-order valence-corrected chi connectivity index (χ4v) is 3.06. The molecular weight excluding hydrogens is 292 g/mol. The van der Waals surface area contributed by atoms with E-state index in [1.807, 2.05) is 42.5 Å². The maximum absolute atomic E-state index is 4.62. The van der Waals surface area contributed by atoms with E-state index in [4.69, 9.17) is 0 Å². The van der Waals surface area contributed by atoms with Gasteiger partial charge in [-0.1, -0.05) is 42.5 Å². The van der Waals surface area contributed by atoms with Crippen molar-refractivity contribution in [3.8, 4) is 11.3 Å². The van der Waals surface area contributed by atoms with E-state index in [0.29, 0.717) is 6.54 Å². The second-order valence-corrected chi connectivity index (χ2v) is 5.82. The summed E-state index contributed by atoms with van der Waals surface area (Å²) in [6, 6.07) is 18.2. The maximum Gasteiger partial charge on any atom is 0.183 e. The standard InChI is InChI=1S/C17H14N4S/c1-2-6-12(7-3-1)15-11-22-17(21-15)18-10-16-19-13-8-4-5-9-14(13)20-16/h1-9,11H,10H2,(H,18,21)(H,19,20). The Hall–Kier alpha value is -2.66. The molecule has 2 aromatic carbocycles. The van der Waals surface area contributed by atoms with E-state index >= 15 is 0 Å². The highest BCUT2D eigenvalue weighted by Crippen LogP contribution is 2.24. The predicted octanol–water partition coefficient (Wildman–Crippen LogP) is 4.30. The van der Waals surface area contributed by atoms with Gasteiger partial charge in [-0.15, -0.1) is 11.3 Å². The highest BCUT2D eigenvalue weighted by atomic mass is 32.1. The smallest absolute Gasteiger partial charge is 0.183 e. The van der Waals surface area contributed by atoms with Crippen LogP contribution in [-0.4, -0.2) is 15.0 Å². The highest BCUT2D eigenvalue weighted by molar-refractivity contribution is 7.14. The molecular formula is C17H14N4S. The summed E-state index contributed by atoms with van der Waals surface area (Å²) in [5.74, 6) is 0.915. The number of hydrogen-bond acceptors (Lipinski definition) is 4. The van der Waals surface area contributed by atoms with E-state index < -0.39 is 0 Å². The lowest BCUT2D eigenvalue weighted by atomic mass is 10.2. The first-order valence-electron chi connectivity index (χ1n) is 7.07. The monoisotopic (exact) mass is 306 g/mol. The van der Waals surface area contributed by atoms with Crippen LogP contribution in [0.15, 0.2) is 60.0 Å². The van der Waals surface area contributed by atoms with Crippen LogP contribution in [0.25, 0.3) is 22.3 Å². The van der Waals surface area contributed by atoms with Crippen molar-refractivity contribution in [2.75, 3.05) is 5.32 Å². The Morgan fingerprint density at radius 2 is 1.77 bits per heavy atom. The molecule has 0 saturated carbocycles. The Morgan fingerprint density at radius 3 is 2.64 bits per heavy atom. The molecule has 22 heavy (non-hydrogen) atoms. The summed E-state index contributed by atoms with van der Waals surface area (Å²) in [7, 11) is 0. The van der Waals surface area contributed by atoms with Gasteiger partial charge in [0.25, 0.3) is 0 Å². The van der Waals surface area contributed by atoms with Crippen molar-refractivity contribution in [2.45, 2.75) is 6.54 Å². The maximum atomic E-state index is 4.62. The zero-order chi connectivity index (χ0) is 14.8. The molecule has 0 fully saturated rings. The molecule has 0 unspecified atom stereocenters. The minimum atomic E-state index is 0.635. The Kier molecular flexibility index (Phi) is 3.33. The molecule has 0 spiro atoms. The van der Waals surface area contributed by atoms with Gasteiger partial charge in [-0.25, -0.2) is 9.97 Å². The number of nitrogens with one attached hydrogen (secondary N) is 2. The fraction of sp³-hybridized carbons (Fsp3) is 0.0588. The van der Waals surface area contributed by atoms with Crippen molar-refractivity contribution in [1.29, 1.82) is 0 Å². The van der Waals surface area contributed by atoms with Crippen LogP contribution in [0.1, 0.15) is 5.82 Å². The zero-order valence-electron chi connectivity index (χ0n) is 11.8. The molecule has 0 aliphatic carbocycles. The second kappa shape index (κ2) is 5.61. The van der Waals surface area contributed by atoms with Crippen molar-refractivity contribution < 1.29 is 0 Å². The first-order valence-corrected chi connectivity index (χ1v) is 7.95. The summed E-state index contributed by atoms with van der Waals surface area (Å²) in [6.07, 6.45) is 0. The van der Waals surface area contributed by atoms with Crippen molar-refractivity contribution >= 4 is 27.5 Å². The average molecular weight is 306 g/mol. The Morgan fingerprint density at radius 1 is 0.955 bits per heavy atom. The Labute approximate surface area is 131 Å². The lowest BCUT2D eigenvalue weighted by Gasteiger charge is -1.99. The molecule has 0 radical (unpaired) electrons. The van der Waals surface area contributed by atoms with E-state index in [1.54, 1.807) is 11.3 Å². The largest absolute Gasteiger partial charge is 0.354 e. The average Bonchev–Trinajstić information content (AvgIpc) is 3.20. The molecule has 0 saturated heterocycles. The molecule has 2 aromatic heterocycles. The third kappa shape index (κ3) is 2.58. The van der Waals surface area contributed by atoms with Crippen LogP contribution in [0.2, 0.25) is 0 Å². The number of imidazole rings is 1. The molecule has 4 nitrogen and oxygen atoms in total. The lowest BCUT2D eigenvalue weighted by molar-refractivity contribution is 1.01. The summed E-state index contributed by atoms with van der Waals surface area (Å²) in [6.45, 7) is 0.635. The molecule has 4 aromatic rings. The van der Waals surface area contributed by atoms with E-state index in [0.717, 1.165) is 33.2 Å². The number of H-pyrrole nitrogens is 1. The normalized spacial score (nSPS) is 10.9. The predicted molar refractivity (Wildman–Crippen MR) is 91.0 cm³/mol. The molecule has 0 aliphatic rings. The number of benzene rings is 2. The van der Waals surface area contributed by atoms with E-state index in [1.165, 1.54) is 0 Å². The second-order valence-electron chi connectivity index (χ2n) is 4.96. The van der Waals surface area contributed by atoms with Gasteiger partial charge in [-0.3, -0.25) is 0 Å². The van der Waals surface area contributed by atoms with Gasteiger partial charge in [-0.05, 0) is 12.1 Å². The number of aromatic amines is 1. The third-order valence-corrected chi connectivity index (χ3v) is 4.22. The first kappa shape index (κ1) is 13.0. The number of rotatable bonds is 4. The van der Waals surface area contributed by atoms with Crippen molar-refractivity contribution in [3.05, 3.63) is 65.8 Å². The number of aromatic nitrogens is 3. The first-order chi connectivity index (χ1) is 10.9. The SMILES string of the molecule is c1ccc(-c2csc(NCc3nc4ccccc4[nH]3)n2)cc1. The topological polar surface area (TPSA) is 53.6 Å². The molecule has 0 atom stereocenters. The van der Waals surface area contributed by atoms with Gasteiger partial charge in [-0.2, -0.15) is 0 Å². The lowest BCUT2D eigenvalue weighted by Crippen LogP contribution is -2.00. The van der Waals surface area contributed by atoms with Gasteiger partial charge in [0.2, 0.25) is 0 Å². The van der Waals surface area contributed by atoms with Crippen LogP contribution in [0.5, 0.6) is 0 Å². The minimum absolute atomic E-state index is 0.635. The van der Waals surface area contributed by atoms with Crippen LogP contribution >= 0.6 is 11.3 Å². The van der Waals surface area contributed by atoms with Crippen molar-refractivity contribution in [1.82, 2.24) is 15.0 Å².